The summed E-state index contributed by atoms with van der Waals surface area (Å²) in [5, 5.41) is 16.1. The van der Waals surface area contributed by atoms with Crippen molar-refractivity contribution in [3.05, 3.63) is 18.2 Å². The molecule has 1 saturated heterocycles. The van der Waals surface area contributed by atoms with E-state index in [1.807, 2.05) is 0 Å². The van der Waals surface area contributed by atoms with Crippen molar-refractivity contribution >= 4 is 5.91 Å². The van der Waals surface area contributed by atoms with Crippen LogP contribution in [-0.2, 0) is 4.79 Å². The Labute approximate surface area is 113 Å². The summed E-state index contributed by atoms with van der Waals surface area (Å²) in [5.41, 5.74) is 0.383. The third-order valence-corrected chi connectivity index (χ3v) is 3.78. The molecule has 0 spiro atoms. The Bertz CT molecular complexity index is 410. The smallest absolute Gasteiger partial charge is 0.255 e. The monoisotopic (exact) mass is 266 g/mol. The molecule has 1 aromatic heterocycles. The lowest BCUT2D eigenvalue weighted by Gasteiger charge is -2.32. The first kappa shape index (κ1) is 14.0. The van der Waals surface area contributed by atoms with Crippen LogP contribution in [0.15, 0.2) is 12.5 Å². The zero-order valence-corrected chi connectivity index (χ0v) is 11.4. The van der Waals surface area contributed by atoms with Crippen molar-refractivity contribution in [3.8, 4) is 0 Å². The molecule has 0 radical (unpaired) electrons. The van der Waals surface area contributed by atoms with Gasteiger partial charge in [-0.05, 0) is 24.8 Å². The number of aliphatic hydroxyl groups is 1. The zero-order chi connectivity index (χ0) is 13.9. The number of nitrogens with zero attached hydrogens (tertiary/aromatic N) is 1. The van der Waals surface area contributed by atoms with E-state index in [9.17, 15) is 9.90 Å². The van der Waals surface area contributed by atoms with Gasteiger partial charge in [0, 0.05) is 12.6 Å². The number of carbonyl (C=O) groups excluding carboxylic acids is 1. The average Bonchev–Trinajstić information content (AvgIpc) is 3.06. The van der Waals surface area contributed by atoms with Crippen LogP contribution in [0.5, 0.6) is 0 Å². The van der Waals surface area contributed by atoms with Gasteiger partial charge >= 0.3 is 0 Å². The maximum Gasteiger partial charge on any atom is 0.255 e. The van der Waals surface area contributed by atoms with Gasteiger partial charge in [-0.15, -0.1) is 0 Å². The van der Waals surface area contributed by atoms with E-state index in [2.05, 4.69) is 34.4 Å². The molecule has 0 saturated carbocycles. The van der Waals surface area contributed by atoms with Gasteiger partial charge in [-0.3, -0.25) is 4.79 Å². The molecule has 1 fully saturated rings. The molecule has 2 rings (SSSR count). The Kier molecular flexibility index (Phi) is 4.21. The molecule has 1 amide bonds. The van der Waals surface area contributed by atoms with Crippen LogP contribution in [-0.4, -0.2) is 40.1 Å². The summed E-state index contributed by atoms with van der Waals surface area (Å²) < 4.78 is 0. The maximum absolute atomic E-state index is 11.9. The minimum absolute atomic E-state index is 0.0279. The van der Waals surface area contributed by atoms with Crippen LogP contribution < -0.4 is 10.6 Å². The Morgan fingerprint density at radius 2 is 2.47 bits per heavy atom. The second-order valence-electron chi connectivity index (χ2n) is 5.76. The van der Waals surface area contributed by atoms with E-state index in [4.69, 9.17) is 0 Å². The minimum atomic E-state index is -1.19. The number of imidazole rings is 1. The van der Waals surface area contributed by atoms with E-state index in [-0.39, 0.29) is 5.41 Å². The van der Waals surface area contributed by atoms with E-state index >= 15 is 0 Å². The normalized spacial score (nSPS) is 21.3. The van der Waals surface area contributed by atoms with Crippen LogP contribution in [0.2, 0.25) is 0 Å². The lowest BCUT2D eigenvalue weighted by molar-refractivity contribution is -0.130. The molecule has 4 N–H and O–H groups in total. The summed E-state index contributed by atoms with van der Waals surface area (Å²) in [6.07, 6.45) is 4.02. The van der Waals surface area contributed by atoms with Gasteiger partial charge in [0.2, 0.25) is 0 Å². The number of hydrogen-bond donors (Lipinski definition) is 4. The summed E-state index contributed by atoms with van der Waals surface area (Å²) in [5.74, 6) is -0.393. The Morgan fingerprint density at radius 1 is 1.68 bits per heavy atom. The third-order valence-electron chi connectivity index (χ3n) is 3.78. The van der Waals surface area contributed by atoms with Gasteiger partial charge in [0.25, 0.3) is 5.91 Å². The van der Waals surface area contributed by atoms with Gasteiger partial charge in [-0.1, -0.05) is 13.8 Å². The number of aromatic amines is 1. The van der Waals surface area contributed by atoms with E-state index in [0.717, 1.165) is 13.0 Å². The van der Waals surface area contributed by atoms with E-state index in [1.165, 1.54) is 18.9 Å². The molecule has 0 bridgehead atoms. The summed E-state index contributed by atoms with van der Waals surface area (Å²) in [6.45, 7) is 5.82. The summed E-state index contributed by atoms with van der Waals surface area (Å²) in [4.78, 5) is 18.4. The van der Waals surface area contributed by atoms with Crippen LogP contribution >= 0.6 is 0 Å². The molecule has 0 aliphatic carbocycles. The summed E-state index contributed by atoms with van der Waals surface area (Å²) in [7, 11) is 0. The van der Waals surface area contributed by atoms with Crippen molar-refractivity contribution < 1.29 is 9.90 Å². The summed E-state index contributed by atoms with van der Waals surface area (Å²) in [6, 6.07) is 0.414. The Balaban J connectivity index is 1.85. The fraction of sp³-hybridized carbons (Fsp3) is 0.692. The third kappa shape index (κ3) is 3.33. The largest absolute Gasteiger partial charge is 0.377 e. The van der Waals surface area contributed by atoms with Crippen molar-refractivity contribution in [2.75, 3.05) is 13.1 Å². The lowest BCUT2D eigenvalue weighted by Crippen LogP contribution is -2.46. The predicted molar refractivity (Wildman–Crippen MR) is 71.4 cm³/mol. The highest BCUT2D eigenvalue weighted by Gasteiger charge is 2.32. The molecule has 1 aliphatic heterocycles. The number of carbonyl (C=O) groups is 1. The van der Waals surface area contributed by atoms with Crippen LogP contribution in [0.25, 0.3) is 0 Å². The molecule has 1 aliphatic rings. The number of hydrogen-bond acceptors (Lipinski definition) is 4. The van der Waals surface area contributed by atoms with Crippen LogP contribution in [0.4, 0.5) is 0 Å². The topological polar surface area (TPSA) is 90.0 Å². The molecular formula is C13H22N4O2. The number of amides is 1. The van der Waals surface area contributed by atoms with Gasteiger partial charge in [0.1, 0.15) is 0 Å². The highest BCUT2D eigenvalue weighted by molar-refractivity contribution is 5.81. The summed E-state index contributed by atoms with van der Waals surface area (Å²) >= 11 is 0. The quantitative estimate of drug-likeness (QED) is 0.618. The SMILES string of the molecule is CC(C)(CNC(=O)C(O)c1cnc[nH]1)C1CCCN1. The minimum Gasteiger partial charge on any atom is -0.377 e. The predicted octanol–water partition coefficient (Wildman–Crippen LogP) is 0.337. The molecule has 6 nitrogen and oxygen atoms in total. The Morgan fingerprint density at radius 3 is 3.05 bits per heavy atom. The van der Waals surface area contributed by atoms with Crippen LogP contribution in [0, 0.1) is 5.41 Å². The second-order valence-corrected chi connectivity index (χ2v) is 5.76. The van der Waals surface area contributed by atoms with Crippen LogP contribution in [0.3, 0.4) is 0 Å². The lowest BCUT2D eigenvalue weighted by atomic mass is 9.83. The van der Waals surface area contributed by atoms with Gasteiger partial charge in [0.05, 0.1) is 18.2 Å². The van der Waals surface area contributed by atoms with E-state index in [0.29, 0.717) is 18.3 Å². The first-order valence-electron chi connectivity index (χ1n) is 6.68. The van der Waals surface area contributed by atoms with Crippen molar-refractivity contribution in [3.63, 3.8) is 0 Å². The molecule has 106 valence electrons. The van der Waals surface area contributed by atoms with Gasteiger partial charge in [0.15, 0.2) is 6.10 Å². The molecular weight excluding hydrogens is 244 g/mol. The first-order chi connectivity index (χ1) is 9.00. The van der Waals surface area contributed by atoms with E-state index in [1.54, 1.807) is 0 Å². The average molecular weight is 266 g/mol. The highest BCUT2D eigenvalue weighted by Crippen LogP contribution is 2.26. The van der Waals surface area contributed by atoms with Crippen molar-refractivity contribution in [2.45, 2.75) is 38.8 Å². The fourth-order valence-corrected chi connectivity index (χ4v) is 2.44. The van der Waals surface area contributed by atoms with Gasteiger partial charge in [-0.25, -0.2) is 4.98 Å². The molecule has 19 heavy (non-hydrogen) atoms. The van der Waals surface area contributed by atoms with Crippen molar-refractivity contribution in [1.29, 1.82) is 0 Å². The standard InChI is InChI=1S/C13H22N4O2/c1-13(2,10-4-3-5-15-10)7-16-12(19)11(18)9-6-14-8-17-9/h6,8,10-11,15,18H,3-5,7H2,1-2H3,(H,14,17)(H,16,19). The maximum atomic E-state index is 11.9. The molecule has 6 heteroatoms. The van der Waals surface area contributed by atoms with Gasteiger partial charge in [-0.2, -0.15) is 0 Å². The fourth-order valence-electron chi connectivity index (χ4n) is 2.44. The number of nitrogens with one attached hydrogen (secondary N) is 3. The highest BCUT2D eigenvalue weighted by atomic mass is 16.3. The molecule has 2 unspecified atom stereocenters. The Hall–Kier alpha value is -1.40. The molecule has 2 heterocycles. The number of aliphatic hydroxyl groups excluding tert-OH is 1. The first-order valence-corrected chi connectivity index (χ1v) is 6.68. The molecule has 2 atom stereocenters. The van der Waals surface area contributed by atoms with Crippen molar-refractivity contribution in [2.24, 2.45) is 5.41 Å². The number of aromatic nitrogens is 2. The molecule has 1 aromatic rings. The van der Waals surface area contributed by atoms with Crippen LogP contribution in [0.1, 0.15) is 38.5 Å². The molecule has 0 aromatic carbocycles. The number of H-pyrrole nitrogens is 1. The van der Waals surface area contributed by atoms with Crippen molar-refractivity contribution in [1.82, 2.24) is 20.6 Å². The van der Waals surface area contributed by atoms with E-state index < -0.39 is 12.0 Å². The van der Waals surface area contributed by atoms with Gasteiger partial charge < -0.3 is 20.7 Å². The number of rotatable bonds is 5. The second kappa shape index (κ2) is 5.71. The zero-order valence-electron chi connectivity index (χ0n) is 11.4.